The standard InChI is InChI=1S/C34H31FN4O4/c1-20-24(7-5-8-29(20)38(4)33(42)39(17-6-18-40)23-12-10-22(35)11-13-23)25-15-16-27(32(36)41)31-30(25)26-14-9-21(34(2,3)43)19-28(26)37-31/h5-19,37,43H,1-4H3,(H2,36,41)/b17-6-. The third-order valence-electron chi connectivity index (χ3n) is 7.59. The molecule has 1 aromatic heterocycles. The van der Waals surface area contributed by atoms with Gasteiger partial charge in [-0.2, -0.15) is 0 Å². The van der Waals surface area contributed by atoms with E-state index in [1.165, 1.54) is 46.3 Å². The number of urea groups is 1. The van der Waals surface area contributed by atoms with E-state index in [2.05, 4.69) is 4.98 Å². The lowest BCUT2D eigenvalue weighted by atomic mass is 9.92. The van der Waals surface area contributed by atoms with E-state index >= 15 is 0 Å². The van der Waals surface area contributed by atoms with Crippen LogP contribution in [-0.4, -0.2) is 35.4 Å². The minimum absolute atomic E-state index is 0.331. The Morgan fingerprint density at radius 1 is 1.00 bits per heavy atom. The average molecular weight is 579 g/mol. The van der Waals surface area contributed by atoms with E-state index in [0.717, 1.165) is 33.0 Å². The number of carbonyl (C=O) groups is 3. The Morgan fingerprint density at radius 3 is 2.37 bits per heavy atom. The molecule has 8 nitrogen and oxygen atoms in total. The first-order valence-corrected chi connectivity index (χ1v) is 13.6. The van der Waals surface area contributed by atoms with Crippen LogP contribution in [0.5, 0.6) is 0 Å². The lowest BCUT2D eigenvalue weighted by Crippen LogP contribution is -2.38. The van der Waals surface area contributed by atoms with E-state index in [9.17, 15) is 23.9 Å². The third-order valence-corrected chi connectivity index (χ3v) is 7.59. The van der Waals surface area contributed by atoms with Crippen LogP contribution in [0.1, 0.15) is 35.3 Å². The summed E-state index contributed by atoms with van der Waals surface area (Å²) in [6, 6.07) is 19.6. The molecule has 0 spiro atoms. The third kappa shape index (κ3) is 5.38. The van der Waals surface area contributed by atoms with Gasteiger partial charge in [0.1, 0.15) is 12.1 Å². The van der Waals surface area contributed by atoms with Gasteiger partial charge in [-0.3, -0.25) is 19.4 Å². The van der Waals surface area contributed by atoms with Crippen LogP contribution in [0, 0.1) is 12.7 Å². The number of aromatic nitrogens is 1. The summed E-state index contributed by atoms with van der Waals surface area (Å²) in [7, 11) is 1.62. The molecule has 0 radical (unpaired) electrons. The first-order valence-electron chi connectivity index (χ1n) is 13.6. The number of aldehydes is 1. The number of aromatic amines is 1. The van der Waals surface area contributed by atoms with Gasteiger partial charge >= 0.3 is 6.03 Å². The number of nitrogens with one attached hydrogen (secondary N) is 1. The number of amides is 3. The molecular weight excluding hydrogens is 547 g/mol. The number of benzene rings is 4. The molecule has 0 unspecified atom stereocenters. The van der Waals surface area contributed by atoms with E-state index < -0.39 is 23.4 Å². The second kappa shape index (κ2) is 11.2. The van der Waals surface area contributed by atoms with Crippen LogP contribution in [0.2, 0.25) is 0 Å². The Labute approximate surface area is 247 Å². The van der Waals surface area contributed by atoms with Gasteiger partial charge in [-0.15, -0.1) is 0 Å². The second-order valence-electron chi connectivity index (χ2n) is 10.8. The summed E-state index contributed by atoms with van der Waals surface area (Å²) >= 11 is 0. The SMILES string of the molecule is Cc1c(-c2ccc(C(N)=O)c3[nH]c4cc(C(C)(C)O)ccc4c23)cccc1N(C)C(=O)N(/C=C\C=O)c1ccc(F)cc1. The van der Waals surface area contributed by atoms with Crippen molar-refractivity contribution in [3.05, 3.63) is 108 Å². The Bertz CT molecular complexity index is 1920. The molecule has 4 N–H and O–H groups in total. The van der Waals surface area contributed by atoms with Gasteiger partial charge in [0.25, 0.3) is 5.91 Å². The number of fused-ring (bicyclic) bond motifs is 3. The predicted octanol–water partition coefficient (Wildman–Crippen LogP) is 6.54. The molecule has 43 heavy (non-hydrogen) atoms. The van der Waals surface area contributed by atoms with Crippen LogP contribution in [-0.2, 0) is 10.4 Å². The molecule has 0 atom stereocenters. The molecule has 4 aromatic carbocycles. The lowest BCUT2D eigenvalue weighted by molar-refractivity contribution is -0.104. The van der Waals surface area contributed by atoms with E-state index in [1.807, 2.05) is 49.4 Å². The quantitative estimate of drug-likeness (QED) is 0.150. The maximum Gasteiger partial charge on any atom is 0.332 e. The first-order chi connectivity index (χ1) is 20.4. The number of H-pyrrole nitrogens is 1. The minimum atomic E-state index is -1.06. The molecule has 5 rings (SSSR count). The number of rotatable bonds is 7. The van der Waals surface area contributed by atoms with Crippen molar-refractivity contribution in [2.24, 2.45) is 5.73 Å². The van der Waals surface area contributed by atoms with Gasteiger partial charge in [0, 0.05) is 35.2 Å². The number of nitrogens with two attached hydrogens (primary N) is 1. The molecule has 5 aromatic rings. The Kier molecular flexibility index (Phi) is 7.60. The topological polar surface area (TPSA) is 120 Å². The fourth-order valence-electron chi connectivity index (χ4n) is 5.35. The maximum atomic E-state index is 13.7. The van der Waals surface area contributed by atoms with Crippen LogP contribution < -0.4 is 15.5 Å². The number of hydrogen-bond donors (Lipinski definition) is 3. The van der Waals surface area contributed by atoms with Crippen molar-refractivity contribution < 1.29 is 23.9 Å². The molecule has 9 heteroatoms. The maximum absolute atomic E-state index is 13.7. The van der Waals surface area contributed by atoms with Gasteiger partial charge in [0.15, 0.2) is 0 Å². The van der Waals surface area contributed by atoms with E-state index in [0.29, 0.717) is 34.3 Å². The summed E-state index contributed by atoms with van der Waals surface area (Å²) in [5, 5.41) is 12.2. The van der Waals surface area contributed by atoms with Crippen molar-refractivity contribution in [3.8, 4) is 11.1 Å². The van der Waals surface area contributed by atoms with Crippen LogP contribution in [0.4, 0.5) is 20.6 Å². The van der Waals surface area contributed by atoms with Gasteiger partial charge in [-0.25, -0.2) is 9.18 Å². The van der Waals surface area contributed by atoms with Gasteiger partial charge in [0.05, 0.1) is 22.4 Å². The summed E-state index contributed by atoms with van der Waals surface area (Å²) in [4.78, 5) is 43.3. The van der Waals surface area contributed by atoms with Gasteiger partial charge < -0.3 is 15.8 Å². The highest BCUT2D eigenvalue weighted by Gasteiger charge is 2.24. The average Bonchev–Trinajstić information content (AvgIpc) is 3.36. The Hall–Kier alpha value is -5.28. The van der Waals surface area contributed by atoms with Gasteiger partial charge in [0.2, 0.25) is 0 Å². The van der Waals surface area contributed by atoms with Crippen molar-refractivity contribution in [1.82, 2.24) is 4.98 Å². The zero-order valence-corrected chi connectivity index (χ0v) is 24.2. The van der Waals surface area contributed by atoms with Gasteiger partial charge in [-0.1, -0.05) is 30.3 Å². The highest BCUT2D eigenvalue weighted by atomic mass is 19.1. The smallest absolute Gasteiger partial charge is 0.332 e. The summed E-state index contributed by atoms with van der Waals surface area (Å²) in [5.41, 5.74) is 10.4. The largest absolute Gasteiger partial charge is 0.386 e. The monoisotopic (exact) mass is 578 g/mol. The van der Waals surface area contributed by atoms with E-state index in [-0.39, 0.29) is 0 Å². The van der Waals surface area contributed by atoms with Crippen molar-refractivity contribution in [3.63, 3.8) is 0 Å². The van der Waals surface area contributed by atoms with Crippen molar-refractivity contribution in [2.45, 2.75) is 26.4 Å². The molecule has 1 heterocycles. The van der Waals surface area contributed by atoms with Crippen molar-refractivity contribution >= 4 is 51.4 Å². The van der Waals surface area contributed by atoms with Crippen LogP contribution in [0.3, 0.4) is 0 Å². The lowest BCUT2D eigenvalue weighted by Gasteiger charge is -2.27. The summed E-state index contributed by atoms with van der Waals surface area (Å²) in [6.07, 6.45) is 3.08. The molecule has 0 aliphatic carbocycles. The molecule has 0 fully saturated rings. The first kappa shape index (κ1) is 29.2. The Balaban J connectivity index is 1.66. The molecule has 0 saturated carbocycles. The zero-order chi connectivity index (χ0) is 31.1. The summed E-state index contributed by atoms with van der Waals surface area (Å²) in [5.74, 6) is -1.03. The number of nitrogens with zero attached hydrogens (tertiary/aromatic N) is 2. The normalized spacial score (nSPS) is 11.8. The number of carbonyl (C=O) groups excluding carboxylic acids is 3. The zero-order valence-electron chi connectivity index (χ0n) is 24.2. The molecule has 0 aliphatic heterocycles. The molecular formula is C34H31FN4O4. The number of halogens is 1. The second-order valence-corrected chi connectivity index (χ2v) is 10.8. The number of aliphatic hydroxyl groups is 1. The summed E-state index contributed by atoms with van der Waals surface area (Å²) in [6.45, 7) is 5.30. The molecule has 218 valence electrons. The molecule has 0 saturated heterocycles. The molecule has 0 bridgehead atoms. The summed E-state index contributed by atoms with van der Waals surface area (Å²) < 4.78 is 13.6. The van der Waals surface area contributed by atoms with Crippen molar-refractivity contribution in [1.29, 1.82) is 0 Å². The van der Waals surface area contributed by atoms with Crippen molar-refractivity contribution in [2.75, 3.05) is 16.8 Å². The number of primary amides is 1. The number of hydrogen-bond acceptors (Lipinski definition) is 4. The number of allylic oxidation sites excluding steroid dienone is 1. The van der Waals surface area contributed by atoms with Crippen LogP contribution in [0.25, 0.3) is 32.9 Å². The fourth-order valence-corrected chi connectivity index (χ4v) is 5.35. The Morgan fingerprint density at radius 2 is 1.72 bits per heavy atom. The van der Waals surface area contributed by atoms with E-state index in [1.54, 1.807) is 27.0 Å². The van der Waals surface area contributed by atoms with Crippen LogP contribution >= 0.6 is 0 Å². The molecule has 0 aliphatic rings. The highest BCUT2D eigenvalue weighted by Crippen LogP contribution is 2.40. The number of anilines is 2. The molecule has 3 amide bonds. The minimum Gasteiger partial charge on any atom is -0.386 e. The van der Waals surface area contributed by atoms with E-state index in [4.69, 9.17) is 5.73 Å². The van der Waals surface area contributed by atoms with Gasteiger partial charge in [-0.05, 0) is 91.6 Å². The fraction of sp³-hybridized carbons (Fsp3) is 0.147. The predicted molar refractivity (Wildman–Crippen MR) is 168 cm³/mol. The van der Waals surface area contributed by atoms with Crippen LogP contribution in [0.15, 0.2) is 85.1 Å². The highest BCUT2D eigenvalue weighted by molar-refractivity contribution is 6.20.